The summed E-state index contributed by atoms with van der Waals surface area (Å²) in [6.07, 6.45) is 3.22. The number of carbonyl (C=O) groups is 1. The molecule has 2 fully saturated rings. The van der Waals surface area contributed by atoms with Crippen molar-refractivity contribution in [3.8, 4) is 0 Å². The molecule has 0 bridgehead atoms. The molecule has 2 atom stereocenters. The molecule has 1 aromatic rings. The van der Waals surface area contributed by atoms with E-state index < -0.39 is 0 Å². The third kappa shape index (κ3) is 1.62. The molecule has 0 aliphatic heterocycles. The molecule has 4 heteroatoms. The molecule has 1 amide bonds. The molecule has 3 rings (SSSR count). The van der Waals surface area contributed by atoms with E-state index in [9.17, 15) is 4.79 Å². The van der Waals surface area contributed by atoms with E-state index >= 15 is 0 Å². The SMILES string of the molecule is CC1CC1c1cc(NC(=O)C2(C)CC2)n[nH]1. The summed E-state index contributed by atoms with van der Waals surface area (Å²) in [5.74, 6) is 2.15. The molecule has 2 aliphatic carbocycles. The maximum Gasteiger partial charge on any atom is 0.231 e. The highest BCUT2D eigenvalue weighted by Gasteiger charge is 2.45. The molecule has 0 saturated heterocycles. The Hall–Kier alpha value is -1.32. The highest BCUT2D eigenvalue weighted by atomic mass is 16.2. The zero-order chi connectivity index (χ0) is 11.3. The van der Waals surface area contributed by atoms with Crippen LogP contribution in [0.5, 0.6) is 0 Å². The number of aromatic amines is 1. The maximum absolute atomic E-state index is 11.8. The Bertz CT molecular complexity index is 433. The second-order valence-electron chi connectivity index (χ2n) is 5.54. The van der Waals surface area contributed by atoms with Gasteiger partial charge in [-0.3, -0.25) is 9.89 Å². The van der Waals surface area contributed by atoms with Gasteiger partial charge in [0.25, 0.3) is 0 Å². The summed E-state index contributed by atoms with van der Waals surface area (Å²) >= 11 is 0. The summed E-state index contributed by atoms with van der Waals surface area (Å²) < 4.78 is 0. The number of hydrogen-bond donors (Lipinski definition) is 2. The molecule has 0 aromatic carbocycles. The van der Waals surface area contributed by atoms with Crippen molar-refractivity contribution in [2.24, 2.45) is 11.3 Å². The van der Waals surface area contributed by atoms with E-state index in [0.29, 0.717) is 11.7 Å². The monoisotopic (exact) mass is 219 g/mol. The van der Waals surface area contributed by atoms with Crippen molar-refractivity contribution in [3.63, 3.8) is 0 Å². The average molecular weight is 219 g/mol. The van der Waals surface area contributed by atoms with Crippen molar-refractivity contribution in [2.75, 3.05) is 5.32 Å². The van der Waals surface area contributed by atoms with Gasteiger partial charge in [-0.1, -0.05) is 13.8 Å². The Kier molecular flexibility index (Phi) is 1.91. The van der Waals surface area contributed by atoms with Crippen molar-refractivity contribution in [3.05, 3.63) is 11.8 Å². The van der Waals surface area contributed by atoms with Gasteiger partial charge in [-0.25, -0.2) is 0 Å². The van der Waals surface area contributed by atoms with Crippen LogP contribution in [0.2, 0.25) is 0 Å². The lowest BCUT2D eigenvalue weighted by Gasteiger charge is -2.06. The zero-order valence-electron chi connectivity index (χ0n) is 9.71. The highest BCUT2D eigenvalue weighted by molar-refractivity contribution is 5.96. The van der Waals surface area contributed by atoms with Crippen LogP contribution in [0.3, 0.4) is 0 Å². The quantitative estimate of drug-likeness (QED) is 0.819. The van der Waals surface area contributed by atoms with Crippen molar-refractivity contribution in [1.29, 1.82) is 0 Å². The number of anilines is 1. The molecule has 0 radical (unpaired) electrons. The summed E-state index contributed by atoms with van der Waals surface area (Å²) in [7, 11) is 0. The second-order valence-corrected chi connectivity index (χ2v) is 5.54. The van der Waals surface area contributed by atoms with Gasteiger partial charge >= 0.3 is 0 Å². The van der Waals surface area contributed by atoms with Crippen LogP contribution in [0.4, 0.5) is 5.82 Å². The fraction of sp³-hybridized carbons (Fsp3) is 0.667. The van der Waals surface area contributed by atoms with Crippen LogP contribution >= 0.6 is 0 Å². The third-order valence-corrected chi connectivity index (χ3v) is 3.90. The summed E-state index contributed by atoms with van der Waals surface area (Å²) in [6, 6.07) is 1.97. The number of aromatic nitrogens is 2. The minimum Gasteiger partial charge on any atom is -0.309 e. The first-order chi connectivity index (χ1) is 7.58. The van der Waals surface area contributed by atoms with Gasteiger partial charge in [0, 0.05) is 23.1 Å². The third-order valence-electron chi connectivity index (χ3n) is 3.90. The Balaban J connectivity index is 1.66. The van der Waals surface area contributed by atoms with Crippen LogP contribution < -0.4 is 5.32 Å². The first-order valence-corrected chi connectivity index (χ1v) is 5.95. The number of nitrogens with zero attached hydrogens (tertiary/aromatic N) is 1. The number of nitrogens with one attached hydrogen (secondary N) is 2. The van der Waals surface area contributed by atoms with Crippen LogP contribution in [0, 0.1) is 11.3 Å². The first-order valence-electron chi connectivity index (χ1n) is 5.95. The van der Waals surface area contributed by atoms with E-state index in [1.54, 1.807) is 0 Å². The van der Waals surface area contributed by atoms with Crippen molar-refractivity contribution in [2.45, 2.75) is 39.0 Å². The molecular weight excluding hydrogens is 202 g/mol. The fourth-order valence-corrected chi connectivity index (χ4v) is 2.03. The number of carbonyl (C=O) groups excluding carboxylic acids is 1. The van der Waals surface area contributed by atoms with Crippen LogP contribution in [-0.2, 0) is 4.79 Å². The minimum absolute atomic E-state index is 0.106. The number of rotatable bonds is 3. The zero-order valence-corrected chi connectivity index (χ0v) is 9.71. The van der Waals surface area contributed by atoms with Gasteiger partial charge in [0.15, 0.2) is 5.82 Å². The van der Waals surface area contributed by atoms with Gasteiger partial charge in [-0.2, -0.15) is 5.10 Å². The fourth-order valence-electron chi connectivity index (χ4n) is 2.03. The molecule has 2 aliphatic rings. The molecule has 2 unspecified atom stereocenters. The molecule has 4 nitrogen and oxygen atoms in total. The molecular formula is C12H17N3O. The Morgan fingerprint density at radius 1 is 1.62 bits per heavy atom. The van der Waals surface area contributed by atoms with E-state index in [1.807, 2.05) is 13.0 Å². The Morgan fingerprint density at radius 2 is 2.31 bits per heavy atom. The lowest BCUT2D eigenvalue weighted by Crippen LogP contribution is -2.21. The summed E-state index contributed by atoms with van der Waals surface area (Å²) in [6.45, 7) is 4.23. The van der Waals surface area contributed by atoms with E-state index in [0.717, 1.165) is 24.5 Å². The van der Waals surface area contributed by atoms with E-state index in [-0.39, 0.29) is 11.3 Å². The standard InChI is InChI=1S/C12H17N3O/c1-7-5-8(7)9-6-10(15-14-9)13-11(16)12(2)3-4-12/h6-8H,3-5H2,1-2H3,(H2,13,14,15,16). The Morgan fingerprint density at radius 3 is 2.88 bits per heavy atom. The lowest BCUT2D eigenvalue weighted by atomic mass is 10.1. The molecule has 1 aromatic heterocycles. The summed E-state index contributed by atoms with van der Waals surface area (Å²) in [5, 5.41) is 10.0. The van der Waals surface area contributed by atoms with Crippen LogP contribution in [0.15, 0.2) is 6.07 Å². The number of H-pyrrole nitrogens is 1. The van der Waals surface area contributed by atoms with E-state index in [4.69, 9.17) is 0 Å². The van der Waals surface area contributed by atoms with E-state index in [2.05, 4.69) is 22.4 Å². The van der Waals surface area contributed by atoms with Gasteiger partial charge in [0.2, 0.25) is 5.91 Å². The molecule has 2 N–H and O–H groups in total. The highest BCUT2D eigenvalue weighted by Crippen LogP contribution is 2.47. The second kappa shape index (κ2) is 3.09. The normalized spacial score (nSPS) is 29.9. The van der Waals surface area contributed by atoms with Gasteiger partial charge in [0.05, 0.1) is 0 Å². The first kappa shape index (κ1) is 9.87. The molecule has 2 saturated carbocycles. The van der Waals surface area contributed by atoms with E-state index in [1.165, 1.54) is 6.42 Å². The lowest BCUT2D eigenvalue weighted by molar-refractivity contribution is -0.120. The van der Waals surface area contributed by atoms with Gasteiger partial charge < -0.3 is 5.32 Å². The average Bonchev–Trinajstić information content (AvgIpc) is 3.10. The van der Waals surface area contributed by atoms with Crippen LogP contribution in [0.1, 0.15) is 44.7 Å². The number of hydrogen-bond acceptors (Lipinski definition) is 2. The largest absolute Gasteiger partial charge is 0.309 e. The van der Waals surface area contributed by atoms with Crippen molar-refractivity contribution in [1.82, 2.24) is 10.2 Å². The topological polar surface area (TPSA) is 57.8 Å². The maximum atomic E-state index is 11.8. The molecule has 0 spiro atoms. The molecule has 86 valence electrons. The van der Waals surface area contributed by atoms with Crippen LogP contribution in [0.25, 0.3) is 0 Å². The van der Waals surface area contributed by atoms with Crippen molar-refractivity contribution < 1.29 is 4.79 Å². The summed E-state index contributed by atoms with van der Waals surface area (Å²) in [4.78, 5) is 11.8. The van der Waals surface area contributed by atoms with Gasteiger partial charge in [0.1, 0.15) is 0 Å². The number of amides is 1. The van der Waals surface area contributed by atoms with Gasteiger partial charge in [-0.05, 0) is 25.2 Å². The van der Waals surface area contributed by atoms with Crippen LogP contribution in [-0.4, -0.2) is 16.1 Å². The Labute approximate surface area is 94.8 Å². The van der Waals surface area contributed by atoms with Crippen molar-refractivity contribution >= 4 is 11.7 Å². The summed E-state index contributed by atoms with van der Waals surface area (Å²) in [5.41, 5.74) is 1.02. The molecule has 16 heavy (non-hydrogen) atoms. The molecule has 1 heterocycles. The minimum atomic E-state index is -0.133. The smallest absolute Gasteiger partial charge is 0.231 e. The van der Waals surface area contributed by atoms with Gasteiger partial charge in [-0.15, -0.1) is 0 Å². The predicted molar refractivity (Wildman–Crippen MR) is 61.1 cm³/mol. The predicted octanol–water partition coefficient (Wildman–Crippen LogP) is 2.27.